The standard InChI is InChI=1S/C28H38N2O4/c1-18-11-9-7-8-10-12-24(21-13-14-23-22(17-21)29-20(3)30(23)6)34-25(31)15-16-28(4,5)27(33)19(2)26(18)32/h8,10,13-19,24,26,32H,7,9,11-12H2,1-6H3/t18-,19+,24-,26-/m0/s1. The molecule has 0 saturated heterocycles. The highest BCUT2D eigenvalue weighted by atomic mass is 16.5. The van der Waals surface area contributed by atoms with Gasteiger partial charge in [0.1, 0.15) is 17.7 Å². The van der Waals surface area contributed by atoms with Gasteiger partial charge in [0, 0.05) is 30.9 Å². The van der Waals surface area contributed by atoms with Crippen molar-refractivity contribution in [3.8, 4) is 0 Å². The number of Topliss-reactive ketones (excluding diaryl/α,β-unsaturated/α-hetero) is 1. The molecule has 34 heavy (non-hydrogen) atoms. The Morgan fingerprint density at radius 1 is 1.18 bits per heavy atom. The minimum Gasteiger partial charge on any atom is -0.454 e. The number of carbonyl (C=O) groups is 2. The second kappa shape index (κ2) is 10.7. The molecule has 3 rings (SSSR count). The number of ketones is 1. The number of aliphatic hydroxyl groups is 1. The molecule has 4 atom stereocenters. The number of hydrogen-bond donors (Lipinski definition) is 1. The lowest BCUT2D eigenvalue weighted by molar-refractivity contribution is -0.143. The van der Waals surface area contributed by atoms with Crippen LogP contribution < -0.4 is 0 Å². The first-order valence-electron chi connectivity index (χ1n) is 12.2. The molecule has 1 aliphatic heterocycles. The molecule has 0 radical (unpaired) electrons. The van der Waals surface area contributed by atoms with Gasteiger partial charge in [0.2, 0.25) is 0 Å². The Morgan fingerprint density at radius 3 is 2.65 bits per heavy atom. The molecule has 2 aromatic rings. The Kier molecular flexibility index (Phi) is 8.13. The molecule has 6 heteroatoms. The van der Waals surface area contributed by atoms with Crippen molar-refractivity contribution in [2.75, 3.05) is 0 Å². The number of allylic oxidation sites excluding steroid dienone is 2. The Bertz CT molecular complexity index is 1100. The third-order valence-electron chi connectivity index (χ3n) is 7.09. The van der Waals surface area contributed by atoms with Crippen LogP contribution in [0.4, 0.5) is 0 Å². The van der Waals surface area contributed by atoms with Gasteiger partial charge in [-0.25, -0.2) is 9.78 Å². The third kappa shape index (κ3) is 5.84. The largest absolute Gasteiger partial charge is 0.454 e. The van der Waals surface area contributed by atoms with Crippen LogP contribution in [0.1, 0.15) is 70.9 Å². The van der Waals surface area contributed by atoms with E-state index in [9.17, 15) is 14.7 Å². The Balaban J connectivity index is 1.90. The fourth-order valence-electron chi connectivity index (χ4n) is 4.63. The number of cyclic esters (lactones) is 1. The maximum atomic E-state index is 13.1. The normalized spacial score (nSPS) is 27.1. The van der Waals surface area contributed by atoms with E-state index in [1.807, 2.05) is 43.7 Å². The summed E-state index contributed by atoms with van der Waals surface area (Å²) in [5.41, 5.74) is 1.89. The molecule has 184 valence electrons. The van der Waals surface area contributed by atoms with Gasteiger partial charge >= 0.3 is 5.97 Å². The summed E-state index contributed by atoms with van der Waals surface area (Å²) in [6.45, 7) is 9.27. The molecule has 1 aromatic carbocycles. The van der Waals surface area contributed by atoms with Gasteiger partial charge in [-0.3, -0.25) is 4.79 Å². The second-order valence-electron chi connectivity index (χ2n) is 10.2. The first-order chi connectivity index (χ1) is 16.0. The molecule has 0 saturated carbocycles. The molecule has 1 N–H and O–H groups in total. The van der Waals surface area contributed by atoms with E-state index in [1.54, 1.807) is 26.8 Å². The number of carbonyl (C=O) groups excluding carboxylic acids is 2. The van der Waals surface area contributed by atoms with Crippen molar-refractivity contribution in [3.05, 3.63) is 53.9 Å². The summed E-state index contributed by atoms with van der Waals surface area (Å²) in [5.74, 6) is -0.159. The lowest BCUT2D eigenvalue weighted by atomic mass is 9.76. The average molecular weight is 467 g/mol. The number of rotatable bonds is 1. The lowest BCUT2D eigenvalue weighted by Crippen LogP contribution is -2.38. The maximum Gasteiger partial charge on any atom is 0.331 e. The number of benzene rings is 1. The number of aryl methyl sites for hydroxylation is 2. The van der Waals surface area contributed by atoms with E-state index in [4.69, 9.17) is 4.74 Å². The Labute approximate surface area is 202 Å². The molecule has 2 heterocycles. The van der Waals surface area contributed by atoms with Crippen LogP contribution in [-0.4, -0.2) is 32.5 Å². The van der Waals surface area contributed by atoms with Crippen LogP contribution in [-0.2, 0) is 21.4 Å². The van der Waals surface area contributed by atoms with Gasteiger partial charge in [-0.1, -0.05) is 38.1 Å². The van der Waals surface area contributed by atoms with Crippen LogP contribution in [0.15, 0.2) is 42.5 Å². The highest BCUT2D eigenvalue weighted by molar-refractivity contribution is 5.90. The van der Waals surface area contributed by atoms with Crippen molar-refractivity contribution in [2.24, 2.45) is 24.3 Å². The quantitative estimate of drug-likeness (QED) is 0.451. The van der Waals surface area contributed by atoms with Crippen LogP contribution in [0.5, 0.6) is 0 Å². The number of esters is 1. The number of ether oxygens (including phenoxy) is 1. The van der Waals surface area contributed by atoms with Gasteiger partial charge in [-0.15, -0.1) is 0 Å². The number of nitrogens with zero attached hydrogens (tertiary/aromatic N) is 2. The van der Waals surface area contributed by atoms with Crippen molar-refractivity contribution in [1.29, 1.82) is 0 Å². The van der Waals surface area contributed by atoms with E-state index in [-0.39, 0.29) is 11.7 Å². The van der Waals surface area contributed by atoms with Crippen LogP contribution >= 0.6 is 0 Å². The predicted octanol–water partition coefficient (Wildman–Crippen LogP) is 5.38. The fraction of sp³-hybridized carbons (Fsp3) is 0.536. The summed E-state index contributed by atoms with van der Waals surface area (Å²) in [7, 11) is 1.98. The first kappa shape index (κ1) is 25.9. The minimum atomic E-state index is -0.893. The Morgan fingerprint density at radius 2 is 1.91 bits per heavy atom. The lowest BCUT2D eigenvalue weighted by Gasteiger charge is -2.29. The van der Waals surface area contributed by atoms with Crippen molar-refractivity contribution in [2.45, 2.75) is 72.5 Å². The molecule has 0 spiro atoms. The molecule has 0 aliphatic carbocycles. The summed E-state index contributed by atoms with van der Waals surface area (Å²) in [6, 6.07) is 5.97. The SMILES string of the molecule is Cc1nc2cc([C@@H]3CC=CCCC[C@H](C)[C@H](O)[C@@H](C)C(=O)C(C)(C)C=CC(=O)O3)ccc2n1C. The second-order valence-corrected chi connectivity index (χ2v) is 10.2. The van der Waals surface area contributed by atoms with E-state index in [2.05, 4.69) is 17.1 Å². The summed E-state index contributed by atoms with van der Waals surface area (Å²) >= 11 is 0. The zero-order valence-electron chi connectivity index (χ0n) is 21.2. The molecular formula is C28H38N2O4. The van der Waals surface area contributed by atoms with E-state index in [0.717, 1.165) is 41.7 Å². The molecule has 1 aromatic heterocycles. The van der Waals surface area contributed by atoms with E-state index < -0.39 is 29.5 Å². The summed E-state index contributed by atoms with van der Waals surface area (Å²) in [4.78, 5) is 30.5. The van der Waals surface area contributed by atoms with Crippen molar-refractivity contribution in [3.63, 3.8) is 0 Å². The van der Waals surface area contributed by atoms with Crippen molar-refractivity contribution in [1.82, 2.24) is 9.55 Å². The van der Waals surface area contributed by atoms with Crippen LogP contribution in [0, 0.1) is 24.2 Å². The van der Waals surface area contributed by atoms with Gasteiger partial charge < -0.3 is 14.4 Å². The van der Waals surface area contributed by atoms with Crippen molar-refractivity contribution < 1.29 is 19.4 Å². The molecule has 0 fully saturated rings. The highest BCUT2D eigenvalue weighted by Crippen LogP contribution is 2.30. The summed E-state index contributed by atoms with van der Waals surface area (Å²) < 4.78 is 7.88. The summed E-state index contributed by atoms with van der Waals surface area (Å²) in [5, 5.41) is 10.7. The average Bonchev–Trinajstić information content (AvgIpc) is 3.09. The molecular weight excluding hydrogens is 428 g/mol. The van der Waals surface area contributed by atoms with E-state index >= 15 is 0 Å². The Hall–Kier alpha value is -2.73. The van der Waals surface area contributed by atoms with Crippen LogP contribution in [0.25, 0.3) is 11.0 Å². The van der Waals surface area contributed by atoms with Crippen LogP contribution in [0.3, 0.4) is 0 Å². The minimum absolute atomic E-state index is 0.0197. The number of fused-ring (bicyclic) bond motifs is 1. The fourth-order valence-corrected chi connectivity index (χ4v) is 4.63. The number of aliphatic hydroxyl groups excluding tert-OH is 1. The zero-order chi connectivity index (χ0) is 25.0. The molecule has 0 bridgehead atoms. The summed E-state index contributed by atoms with van der Waals surface area (Å²) in [6.07, 6.45) is 9.10. The molecule has 0 amide bonds. The van der Waals surface area contributed by atoms with Gasteiger partial charge in [0.05, 0.1) is 17.1 Å². The number of hydrogen-bond acceptors (Lipinski definition) is 5. The van der Waals surface area contributed by atoms with Gasteiger partial charge in [0.25, 0.3) is 0 Å². The van der Waals surface area contributed by atoms with Gasteiger partial charge in [-0.2, -0.15) is 0 Å². The first-order valence-corrected chi connectivity index (χ1v) is 12.2. The van der Waals surface area contributed by atoms with Gasteiger partial charge in [-0.05, 0) is 63.6 Å². The topological polar surface area (TPSA) is 81.4 Å². The van der Waals surface area contributed by atoms with Crippen molar-refractivity contribution >= 4 is 22.8 Å². The molecule has 1 aliphatic rings. The maximum absolute atomic E-state index is 13.1. The molecule has 0 unspecified atom stereocenters. The highest BCUT2D eigenvalue weighted by Gasteiger charge is 2.35. The predicted molar refractivity (Wildman–Crippen MR) is 134 cm³/mol. The van der Waals surface area contributed by atoms with E-state index in [0.29, 0.717) is 6.42 Å². The molecule has 6 nitrogen and oxygen atoms in total. The number of imidazole rings is 1. The smallest absolute Gasteiger partial charge is 0.331 e. The van der Waals surface area contributed by atoms with Gasteiger partial charge in [0.15, 0.2) is 0 Å². The monoisotopic (exact) mass is 466 g/mol. The third-order valence-corrected chi connectivity index (χ3v) is 7.09. The zero-order valence-corrected chi connectivity index (χ0v) is 21.2. The van der Waals surface area contributed by atoms with Crippen LogP contribution in [0.2, 0.25) is 0 Å². The number of aromatic nitrogens is 2. The van der Waals surface area contributed by atoms with E-state index in [1.165, 1.54) is 6.08 Å².